The lowest BCUT2D eigenvalue weighted by atomic mass is 10.1. The summed E-state index contributed by atoms with van der Waals surface area (Å²) in [6.07, 6.45) is 3.28. The van der Waals surface area contributed by atoms with Gasteiger partial charge in [0.1, 0.15) is 11.3 Å². The molecule has 7 heteroatoms. The summed E-state index contributed by atoms with van der Waals surface area (Å²) in [5, 5.41) is 9.49. The number of aryl methyl sites for hydroxylation is 1. The summed E-state index contributed by atoms with van der Waals surface area (Å²) in [6, 6.07) is 11.5. The number of benzene rings is 2. The lowest BCUT2D eigenvalue weighted by Crippen LogP contribution is -2.01. The third-order valence-electron chi connectivity index (χ3n) is 5.01. The van der Waals surface area contributed by atoms with E-state index < -0.39 is 0 Å². The first kappa shape index (κ1) is 17.3. The molecular formula is C21H17BrN4O2. The quantitative estimate of drug-likeness (QED) is 0.408. The Hall–Kier alpha value is -2.80. The van der Waals surface area contributed by atoms with Gasteiger partial charge < -0.3 is 4.74 Å². The van der Waals surface area contributed by atoms with Crippen LogP contribution in [0.15, 0.2) is 40.9 Å². The van der Waals surface area contributed by atoms with E-state index in [4.69, 9.17) is 4.74 Å². The molecule has 0 unspecified atom stereocenters. The number of aromatic nitrogens is 4. The van der Waals surface area contributed by atoms with Crippen LogP contribution in [0.3, 0.4) is 0 Å². The van der Waals surface area contributed by atoms with Crippen LogP contribution in [-0.2, 0) is 6.54 Å². The van der Waals surface area contributed by atoms with Gasteiger partial charge in [-0.1, -0.05) is 16.8 Å². The normalized spacial score (nSPS) is 13.9. The molecule has 1 aliphatic rings. The summed E-state index contributed by atoms with van der Waals surface area (Å²) in [5.74, 6) is 1.53. The monoisotopic (exact) mass is 436 g/mol. The second-order valence-corrected chi connectivity index (χ2v) is 8.05. The molecule has 140 valence electrons. The fraction of sp³-hybridized carbons (Fsp3) is 0.238. The third-order valence-corrected chi connectivity index (χ3v) is 5.78. The summed E-state index contributed by atoms with van der Waals surface area (Å²) in [4.78, 5) is 16.1. The van der Waals surface area contributed by atoms with Gasteiger partial charge in [-0.25, -0.2) is 9.67 Å². The van der Waals surface area contributed by atoms with Gasteiger partial charge >= 0.3 is 0 Å². The van der Waals surface area contributed by atoms with Gasteiger partial charge in [0.05, 0.1) is 21.1 Å². The van der Waals surface area contributed by atoms with Crippen molar-refractivity contribution in [2.24, 2.45) is 5.92 Å². The third kappa shape index (κ3) is 3.05. The minimum absolute atomic E-state index is 0.275. The fourth-order valence-corrected chi connectivity index (χ4v) is 3.81. The molecule has 0 N–H and O–H groups in total. The lowest BCUT2D eigenvalue weighted by Gasteiger charge is -2.11. The molecule has 0 spiro atoms. The van der Waals surface area contributed by atoms with Crippen LogP contribution < -0.4 is 4.74 Å². The topological polar surface area (TPSA) is 69.9 Å². The van der Waals surface area contributed by atoms with E-state index >= 15 is 0 Å². The second kappa shape index (κ2) is 6.67. The maximum Gasteiger partial charge on any atom is 0.230 e. The molecule has 0 atom stereocenters. The van der Waals surface area contributed by atoms with Crippen molar-refractivity contribution in [3.05, 3.63) is 52.0 Å². The molecule has 5 rings (SSSR count). The molecule has 1 aliphatic carbocycles. The fourth-order valence-electron chi connectivity index (χ4n) is 3.31. The summed E-state index contributed by atoms with van der Waals surface area (Å²) in [7, 11) is 0. The van der Waals surface area contributed by atoms with Gasteiger partial charge in [-0.05, 0) is 71.9 Å². The van der Waals surface area contributed by atoms with Crippen LogP contribution in [0.2, 0.25) is 0 Å². The van der Waals surface area contributed by atoms with Gasteiger partial charge in [0.25, 0.3) is 0 Å². The van der Waals surface area contributed by atoms with Crippen molar-refractivity contribution in [3.63, 3.8) is 0 Å². The number of hydrogen-bond donors (Lipinski definition) is 0. The van der Waals surface area contributed by atoms with E-state index in [0.29, 0.717) is 21.7 Å². The zero-order valence-corrected chi connectivity index (χ0v) is 16.8. The Morgan fingerprint density at radius 1 is 1.25 bits per heavy atom. The SMILES string of the molecule is Cc1ccc2nc(Oc3ccc4c(nnn4CC4CC4)c3Br)c(C=O)cc2c1. The minimum atomic E-state index is 0.275. The van der Waals surface area contributed by atoms with E-state index in [2.05, 4.69) is 31.2 Å². The number of ether oxygens (including phenoxy) is 1. The highest BCUT2D eigenvalue weighted by Gasteiger charge is 2.24. The zero-order chi connectivity index (χ0) is 19.3. The summed E-state index contributed by atoms with van der Waals surface area (Å²) in [5.41, 5.74) is 3.99. The number of rotatable bonds is 5. The van der Waals surface area contributed by atoms with Gasteiger partial charge in [-0.15, -0.1) is 5.10 Å². The van der Waals surface area contributed by atoms with Crippen LogP contribution in [0.4, 0.5) is 0 Å². The molecule has 0 saturated heterocycles. The Labute approximate surface area is 169 Å². The second-order valence-electron chi connectivity index (χ2n) is 7.26. The zero-order valence-electron chi connectivity index (χ0n) is 15.2. The molecule has 6 nitrogen and oxygen atoms in total. The van der Waals surface area contributed by atoms with Crippen molar-refractivity contribution in [3.8, 4) is 11.6 Å². The van der Waals surface area contributed by atoms with E-state index in [9.17, 15) is 4.79 Å². The van der Waals surface area contributed by atoms with Crippen molar-refractivity contribution in [1.82, 2.24) is 20.0 Å². The molecule has 0 aliphatic heterocycles. The number of carbonyl (C=O) groups excluding carboxylic acids is 1. The number of hydrogen-bond acceptors (Lipinski definition) is 5. The van der Waals surface area contributed by atoms with Gasteiger partial charge in [0.15, 0.2) is 6.29 Å². The van der Waals surface area contributed by atoms with Crippen molar-refractivity contribution >= 4 is 44.2 Å². The maximum absolute atomic E-state index is 11.6. The van der Waals surface area contributed by atoms with E-state index in [1.165, 1.54) is 12.8 Å². The van der Waals surface area contributed by atoms with Crippen LogP contribution in [0.25, 0.3) is 21.9 Å². The number of carbonyl (C=O) groups is 1. The van der Waals surface area contributed by atoms with Crippen molar-refractivity contribution in [2.45, 2.75) is 26.3 Å². The highest BCUT2D eigenvalue weighted by Crippen LogP contribution is 2.37. The molecule has 2 aromatic heterocycles. The summed E-state index contributed by atoms with van der Waals surface area (Å²) in [6.45, 7) is 2.90. The molecule has 0 bridgehead atoms. The van der Waals surface area contributed by atoms with Crippen molar-refractivity contribution < 1.29 is 9.53 Å². The van der Waals surface area contributed by atoms with Crippen LogP contribution in [0.5, 0.6) is 11.6 Å². The van der Waals surface area contributed by atoms with E-state index in [1.807, 2.05) is 41.9 Å². The van der Waals surface area contributed by atoms with Gasteiger partial charge in [-0.2, -0.15) is 0 Å². The molecule has 1 fully saturated rings. The van der Waals surface area contributed by atoms with E-state index in [-0.39, 0.29) is 5.88 Å². The number of fused-ring (bicyclic) bond motifs is 2. The standard InChI is InChI=1S/C21H17BrN4O2/c1-12-2-5-16-14(8-12)9-15(11-27)21(23-16)28-18-7-6-17-20(19(18)22)24-25-26(17)10-13-3-4-13/h2,5-9,11,13H,3-4,10H2,1H3. The van der Waals surface area contributed by atoms with E-state index in [0.717, 1.165) is 40.3 Å². The molecule has 0 amide bonds. The van der Waals surface area contributed by atoms with Gasteiger partial charge in [0.2, 0.25) is 5.88 Å². The first-order valence-electron chi connectivity index (χ1n) is 9.18. The smallest absolute Gasteiger partial charge is 0.230 e. The van der Waals surface area contributed by atoms with Crippen LogP contribution in [0.1, 0.15) is 28.8 Å². The highest BCUT2D eigenvalue weighted by molar-refractivity contribution is 9.10. The summed E-state index contributed by atoms with van der Waals surface area (Å²) >= 11 is 3.58. The Morgan fingerprint density at radius 2 is 2.11 bits per heavy atom. The molecule has 4 aromatic rings. The molecule has 2 heterocycles. The Balaban J connectivity index is 1.54. The maximum atomic E-state index is 11.6. The first-order chi connectivity index (χ1) is 13.6. The van der Waals surface area contributed by atoms with Crippen molar-refractivity contribution in [2.75, 3.05) is 0 Å². The van der Waals surface area contributed by atoms with Crippen LogP contribution >= 0.6 is 15.9 Å². The number of nitrogens with zero attached hydrogens (tertiary/aromatic N) is 4. The number of pyridine rings is 1. The lowest BCUT2D eigenvalue weighted by molar-refractivity contribution is 0.112. The van der Waals surface area contributed by atoms with Crippen LogP contribution in [-0.4, -0.2) is 26.3 Å². The Bertz CT molecular complexity index is 1230. The largest absolute Gasteiger partial charge is 0.437 e. The van der Waals surface area contributed by atoms with Gasteiger partial charge in [0, 0.05) is 11.9 Å². The molecule has 2 aromatic carbocycles. The Morgan fingerprint density at radius 3 is 2.89 bits per heavy atom. The summed E-state index contributed by atoms with van der Waals surface area (Å²) < 4.78 is 8.66. The number of halogens is 1. The predicted octanol–water partition coefficient (Wildman–Crippen LogP) is 5.07. The molecule has 28 heavy (non-hydrogen) atoms. The highest BCUT2D eigenvalue weighted by atomic mass is 79.9. The van der Waals surface area contributed by atoms with Crippen molar-refractivity contribution in [1.29, 1.82) is 0 Å². The Kier molecular flexibility index (Phi) is 4.12. The van der Waals surface area contributed by atoms with Crippen LogP contribution in [0, 0.1) is 12.8 Å². The minimum Gasteiger partial charge on any atom is -0.437 e. The average Bonchev–Trinajstić information content (AvgIpc) is 3.42. The van der Waals surface area contributed by atoms with Gasteiger partial charge in [-0.3, -0.25) is 4.79 Å². The predicted molar refractivity (Wildman–Crippen MR) is 110 cm³/mol. The number of aldehydes is 1. The van der Waals surface area contributed by atoms with E-state index in [1.54, 1.807) is 6.07 Å². The first-order valence-corrected chi connectivity index (χ1v) is 9.98. The molecule has 1 saturated carbocycles. The molecule has 0 radical (unpaired) electrons. The molecular weight excluding hydrogens is 420 g/mol. The average molecular weight is 437 g/mol.